The molecule has 0 unspecified atom stereocenters. The van der Waals surface area contributed by atoms with Crippen molar-refractivity contribution >= 4 is 23.2 Å². The second kappa shape index (κ2) is 8.90. The first-order valence-electron chi connectivity index (χ1n) is 8.03. The molecule has 0 atom stereocenters. The first kappa shape index (κ1) is 17.0. The topological polar surface area (TPSA) is 61.4 Å². The Bertz CT molecular complexity index is 470. The predicted molar refractivity (Wildman–Crippen MR) is 89.2 cm³/mol. The molecule has 1 aromatic rings. The molecule has 1 aliphatic heterocycles. The number of nitrogens with zero attached hydrogens (tertiary/aromatic N) is 1. The molecule has 2 rings (SSSR count). The SMILES string of the molecule is CCCN(C(=O)CCNC(=O)c1ccsc1)C1CCNCC1. The van der Waals surface area contributed by atoms with Crippen molar-refractivity contribution in [2.24, 2.45) is 0 Å². The molecule has 0 saturated carbocycles. The summed E-state index contributed by atoms with van der Waals surface area (Å²) in [5.74, 6) is 0.0531. The molecule has 6 heteroatoms. The van der Waals surface area contributed by atoms with Crippen molar-refractivity contribution in [2.75, 3.05) is 26.2 Å². The average molecular weight is 323 g/mol. The Morgan fingerprint density at radius 3 is 2.82 bits per heavy atom. The van der Waals surface area contributed by atoms with Crippen LogP contribution >= 0.6 is 11.3 Å². The van der Waals surface area contributed by atoms with E-state index in [4.69, 9.17) is 0 Å². The van der Waals surface area contributed by atoms with Crippen LogP contribution in [0.3, 0.4) is 0 Å². The van der Waals surface area contributed by atoms with Crippen LogP contribution < -0.4 is 10.6 Å². The Morgan fingerprint density at radius 1 is 1.41 bits per heavy atom. The van der Waals surface area contributed by atoms with Crippen LogP contribution in [0.25, 0.3) is 0 Å². The Hall–Kier alpha value is -1.40. The van der Waals surface area contributed by atoms with Gasteiger partial charge in [0, 0.05) is 36.5 Å². The van der Waals surface area contributed by atoms with E-state index < -0.39 is 0 Å². The van der Waals surface area contributed by atoms with Gasteiger partial charge in [-0.15, -0.1) is 0 Å². The van der Waals surface area contributed by atoms with Crippen LogP contribution in [0.5, 0.6) is 0 Å². The second-order valence-electron chi connectivity index (χ2n) is 5.59. The number of hydrogen-bond donors (Lipinski definition) is 2. The summed E-state index contributed by atoms with van der Waals surface area (Å²) in [6, 6.07) is 2.14. The van der Waals surface area contributed by atoms with Gasteiger partial charge >= 0.3 is 0 Å². The fourth-order valence-corrected chi connectivity index (χ4v) is 3.43. The summed E-state index contributed by atoms with van der Waals surface area (Å²) in [4.78, 5) is 26.3. The number of hydrogen-bond acceptors (Lipinski definition) is 4. The highest BCUT2D eigenvalue weighted by molar-refractivity contribution is 7.08. The van der Waals surface area contributed by atoms with Crippen molar-refractivity contribution in [3.8, 4) is 0 Å². The summed E-state index contributed by atoms with van der Waals surface area (Å²) < 4.78 is 0. The minimum Gasteiger partial charge on any atom is -0.351 e. The van der Waals surface area contributed by atoms with E-state index in [1.807, 2.05) is 15.7 Å². The van der Waals surface area contributed by atoms with Crippen molar-refractivity contribution in [3.05, 3.63) is 22.4 Å². The lowest BCUT2D eigenvalue weighted by Crippen LogP contribution is -2.47. The van der Waals surface area contributed by atoms with Crippen LogP contribution in [0.4, 0.5) is 0 Å². The van der Waals surface area contributed by atoms with Crippen molar-refractivity contribution in [3.63, 3.8) is 0 Å². The first-order chi connectivity index (χ1) is 10.7. The normalized spacial score (nSPS) is 15.5. The monoisotopic (exact) mass is 323 g/mol. The number of amides is 2. The van der Waals surface area contributed by atoms with Crippen LogP contribution in [0, 0.1) is 0 Å². The summed E-state index contributed by atoms with van der Waals surface area (Å²) in [7, 11) is 0. The molecular weight excluding hydrogens is 298 g/mol. The highest BCUT2D eigenvalue weighted by atomic mass is 32.1. The van der Waals surface area contributed by atoms with Crippen molar-refractivity contribution in [1.29, 1.82) is 0 Å². The van der Waals surface area contributed by atoms with Gasteiger partial charge in [-0.1, -0.05) is 6.92 Å². The maximum Gasteiger partial charge on any atom is 0.252 e. The van der Waals surface area contributed by atoms with Crippen LogP contribution in [-0.2, 0) is 4.79 Å². The molecule has 1 fully saturated rings. The first-order valence-corrected chi connectivity index (χ1v) is 8.97. The predicted octanol–water partition coefficient (Wildman–Crippen LogP) is 1.86. The van der Waals surface area contributed by atoms with Gasteiger partial charge in [0.25, 0.3) is 5.91 Å². The Balaban J connectivity index is 1.79. The van der Waals surface area contributed by atoms with Crippen LogP contribution in [0.1, 0.15) is 43.0 Å². The third-order valence-corrected chi connectivity index (χ3v) is 4.63. The number of nitrogens with one attached hydrogen (secondary N) is 2. The van der Waals surface area contributed by atoms with E-state index in [-0.39, 0.29) is 11.8 Å². The molecule has 5 nitrogen and oxygen atoms in total. The molecule has 0 aromatic carbocycles. The number of carbonyl (C=O) groups is 2. The Morgan fingerprint density at radius 2 is 2.18 bits per heavy atom. The zero-order valence-electron chi connectivity index (χ0n) is 13.1. The molecule has 122 valence electrons. The van der Waals surface area contributed by atoms with Crippen LogP contribution in [-0.4, -0.2) is 48.9 Å². The van der Waals surface area contributed by atoms with Crippen molar-refractivity contribution < 1.29 is 9.59 Å². The lowest BCUT2D eigenvalue weighted by molar-refractivity contribution is -0.134. The van der Waals surface area contributed by atoms with E-state index in [2.05, 4.69) is 17.6 Å². The van der Waals surface area contributed by atoms with Gasteiger partial charge in [-0.25, -0.2) is 0 Å². The smallest absolute Gasteiger partial charge is 0.252 e. The number of piperidine rings is 1. The van der Waals surface area contributed by atoms with Crippen LogP contribution in [0.2, 0.25) is 0 Å². The minimum atomic E-state index is -0.0991. The summed E-state index contributed by atoms with van der Waals surface area (Å²) in [5.41, 5.74) is 0.668. The van der Waals surface area contributed by atoms with Gasteiger partial charge in [-0.2, -0.15) is 11.3 Å². The lowest BCUT2D eigenvalue weighted by Gasteiger charge is -2.34. The average Bonchev–Trinajstić information content (AvgIpc) is 3.07. The Kier molecular flexibility index (Phi) is 6.86. The molecule has 22 heavy (non-hydrogen) atoms. The van der Waals surface area contributed by atoms with Gasteiger partial charge in [0.05, 0.1) is 0 Å². The molecule has 0 spiro atoms. The zero-order valence-corrected chi connectivity index (χ0v) is 14.0. The molecule has 2 N–H and O–H groups in total. The minimum absolute atomic E-state index is 0.0991. The van der Waals surface area contributed by atoms with Gasteiger partial charge in [0.15, 0.2) is 0 Å². The molecule has 2 amide bonds. The van der Waals surface area contributed by atoms with E-state index in [1.165, 1.54) is 11.3 Å². The largest absolute Gasteiger partial charge is 0.351 e. The number of rotatable bonds is 7. The molecule has 1 aliphatic rings. The maximum atomic E-state index is 12.5. The van der Waals surface area contributed by atoms with E-state index in [0.717, 1.165) is 38.9 Å². The zero-order chi connectivity index (χ0) is 15.8. The quantitative estimate of drug-likeness (QED) is 0.805. The third-order valence-electron chi connectivity index (χ3n) is 3.94. The van der Waals surface area contributed by atoms with E-state index >= 15 is 0 Å². The molecule has 0 bridgehead atoms. The van der Waals surface area contributed by atoms with Crippen molar-refractivity contribution in [1.82, 2.24) is 15.5 Å². The molecule has 0 radical (unpaired) electrons. The fourth-order valence-electron chi connectivity index (χ4n) is 2.79. The molecule has 0 aliphatic carbocycles. The fraction of sp³-hybridized carbons (Fsp3) is 0.625. The van der Waals surface area contributed by atoms with E-state index in [1.54, 1.807) is 6.07 Å². The van der Waals surface area contributed by atoms with Crippen molar-refractivity contribution in [2.45, 2.75) is 38.6 Å². The summed E-state index contributed by atoms with van der Waals surface area (Å²) in [6.45, 7) is 5.26. The number of thiophene rings is 1. The van der Waals surface area contributed by atoms with Gasteiger partial charge in [-0.3, -0.25) is 9.59 Å². The van der Waals surface area contributed by atoms with E-state index in [9.17, 15) is 9.59 Å². The third kappa shape index (κ3) is 4.81. The van der Waals surface area contributed by atoms with Gasteiger partial charge in [0.1, 0.15) is 0 Å². The van der Waals surface area contributed by atoms with Gasteiger partial charge in [-0.05, 0) is 43.8 Å². The Labute approximate surface area is 136 Å². The molecular formula is C16H25N3O2S. The highest BCUT2D eigenvalue weighted by Gasteiger charge is 2.24. The van der Waals surface area contributed by atoms with Crippen LogP contribution in [0.15, 0.2) is 16.8 Å². The lowest BCUT2D eigenvalue weighted by atomic mass is 10.0. The van der Waals surface area contributed by atoms with E-state index in [0.29, 0.717) is 24.6 Å². The highest BCUT2D eigenvalue weighted by Crippen LogP contribution is 2.14. The molecule has 1 aromatic heterocycles. The number of carbonyl (C=O) groups excluding carboxylic acids is 2. The summed E-state index contributed by atoms with van der Waals surface area (Å²) in [6.07, 6.45) is 3.39. The molecule has 1 saturated heterocycles. The van der Waals surface area contributed by atoms with Gasteiger partial charge in [0.2, 0.25) is 5.91 Å². The van der Waals surface area contributed by atoms with Gasteiger partial charge < -0.3 is 15.5 Å². The standard InChI is InChI=1S/C16H25N3O2S/c1-2-10-19(14-3-7-17-8-4-14)15(20)5-9-18-16(21)13-6-11-22-12-13/h6,11-12,14,17H,2-5,7-10H2,1H3,(H,18,21). The molecule has 2 heterocycles. The second-order valence-corrected chi connectivity index (χ2v) is 6.37. The summed E-state index contributed by atoms with van der Waals surface area (Å²) in [5, 5.41) is 9.84. The summed E-state index contributed by atoms with van der Waals surface area (Å²) >= 11 is 1.50. The maximum absolute atomic E-state index is 12.5.